The molecular formula is C17H23NO3S. The molecule has 1 aromatic carbocycles. The van der Waals surface area contributed by atoms with Crippen LogP contribution in [0.15, 0.2) is 30.3 Å². The van der Waals surface area contributed by atoms with E-state index in [1.807, 2.05) is 18.2 Å². The first-order chi connectivity index (χ1) is 10.5. The summed E-state index contributed by atoms with van der Waals surface area (Å²) in [5.74, 6) is 0.795. The molecule has 120 valence electrons. The van der Waals surface area contributed by atoms with Crippen LogP contribution in [0.3, 0.4) is 0 Å². The van der Waals surface area contributed by atoms with Crippen LogP contribution < -0.4 is 5.32 Å². The fourth-order valence-electron chi connectivity index (χ4n) is 2.74. The van der Waals surface area contributed by atoms with Crippen LogP contribution in [0, 0.1) is 0 Å². The highest BCUT2D eigenvalue weighted by Gasteiger charge is 2.41. The number of rotatable bonds is 6. The quantitative estimate of drug-likeness (QED) is 0.845. The number of carbonyl (C=O) groups is 2. The molecule has 0 spiro atoms. The van der Waals surface area contributed by atoms with E-state index in [2.05, 4.69) is 24.4 Å². The number of thioether (sulfide) groups is 1. The maximum absolute atomic E-state index is 12.2. The Balaban J connectivity index is 1.88. The lowest BCUT2D eigenvalue weighted by Gasteiger charge is -2.33. The van der Waals surface area contributed by atoms with Gasteiger partial charge in [0.1, 0.15) is 5.54 Å². The molecule has 1 fully saturated rings. The first-order valence-corrected chi connectivity index (χ1v) is 8.86. The van der Waals surface area contributed by atoms with Gasteiger partial charge < -0.3 is 10.4 Å². The van der Waals surface area contributed by atoms with Gasteiger partial charge in [-0.3, -0.25) is 4.79 Å². The van der Waals surface area contributed by atoms with Crippen molar-refractivity contribution in [2.75, 3.05) is 11.5 Å². The second kappa shape index (κ2) is 7.68. The number of aliphatic carboxylic acids is 1. The fraction of sp³-hybridized carbons (Fsp3) is 0.529. The second-order valence-electron chi connectivity index (χ2n) is 5.90. The zero-order valence-corrected chi connectivity index (χ0v) is 13.7. The summed E-state index contributed by atoms with van der Waals surface area (Å²) in [5, 5.41) is 12.3. The fourth-order valence-corrected chi connectivity index (χ4v) is 3.93. The van der Waals surface area contributed by atoms with Crippen LogP contribution >= 0.6 is 11.8 Å². The molecule has 1 atom stereocenters. The van der Waals surface area contributed by atoms with Crippen LogP contribution in [0.5, 0.6) is 0 Å². The van der Waals surface area contributed by atoms with Crippen molar-refractivity contribution in [3.05, 3.63) is 35.9 Å². The van der Waals surface area contributed by atoms with Gasteiger partial charge in [-0.2, -0.15) is 11.8 Å². The molecule has 1 aliphatic heterocycles. The van der Waals surface area contributed by atoms with Gasteiger partial charge in [0.2, 0.25) is 5.91 Å². The van der Waals surface area contributed by atoms with Crippen LogP contribution in [0.2, 0.25) is 0 Å². The van der Waals surface area contributed by atoms with Gasteiger partial charge in [-0.05, 0) is 42.2 Å². The van der Waals surface area contributed by atoms with E-state index in [4.69, 9.17) is 0 Å². The van der Waals surface area contributed by atoms with Crippen molar-refractivity contribution < 1.29 is 14.7 Å². The molecule has 0 saturated carbocycles. The number of nitrogens with one attached hydrogen (secondary N) is 1. The van der Waals surface area contributed by atoms with Gasteiger partial charge in [-0.1, -0.05) is 37.3 Å². The Bertz CT molecular complexity index is 512. The topological polar surface area (TPSA) is 66.4 Å². The van der Waals surface area contributed by atoms with Crippen molar-refractivity contribution in [2.24, 2.45) is 0 Å². The van der Waals surface area contributed by atoms with Crippen molar-refractivity contribution in [3.63, 3.8) is 0 Å². The van der Waals surface area contributed by atoms with E-state index in [0.29, 0.717) is 19.3 Å². The van der Waals surface area contributed by atoms with E-state index >= 15 is 0 Å². The maximum Gasteiger partial charge on any atom is 0.329 e. The van der Waals surface area contributed by atoms with Crippen LogP contribution in [-0.2, 0) is 9.59 Å². The van der Waals surface area contributed by atoms with Crippen LogP contribution in [0.25, 0.3) is 0 Å². The summed E-state index contributed by atoms with van der Waals surface area (Å²) in [6, 6.07) is 10.1. The van der Waals surface area contributed by atoms with E-state index in [0.717, 1.165) is 17.9 Å². The number of hydrogen-bond donors (Lipinski definition) is 2. The van der Waals surface area contributed by atoms with E-state index in [1.54, 1.807) is 11.8 Å². The highest BCUT2D eigenvalue weighted by Crippen LogP contribution is 2.28. The molecule has 4 nitrogen and oxygen atoms in total. The Kier molecular flexibility index (Phi) is 5.89. The van der Waals surface area contributed by atoms with E-state index in [-0.39, 0.29) is 11.8 Å². The summed E-state index contributed by atoms with van der Waals surface area (Å²) < 4.78 is 0. The number of carbonyl (C=O) groups excluding carboxylic acids is 1. The van der Waals surface area contributed by atoms with Crippen molar-refractivity contribution in [2.45, 2.75) is 44.1 Å². The van der Waals surface area contributed by atoms with Crippen LogP contribution in [0.4, 0.5) is 0 Å². The molecule has 1 unspecified atom stereocenters. The molecule has 22 heavy (non-hydrogen) atoms. The Morgan fingerprint density at radius 1 is 1.27 bits per heavy atom. The summed E-state index contributed by atoms with van der Waals surface area (Å²) in [5.41, 5.74) is 0.149. The SMILES string of the molecule is CC(CCC(=O)NC1(C(=O)O)CCSCC1)c1ccccc1. The van der Waals surface area contributed by atoms with Crippen LogP contribution in [-0.4, -0.2) is 34.0 Å². The number of hydrogen-bond acceptors (Lipinski definition) is 3. The third-order valence-corrected chi connectivity index (χ3v) is 5.29. The summed E-state index contributed by atoms with van der Waals surface area (Å²) in [6.45, 7) is 2.09. The van der Waals surface area contributed by atoms with Gasteiger partial charge in [-0.25, -0.2) is 4.79 Å². The molecule has 1 heterocycles. The molecule has 0 radical (unpaired) electrons. The highest BCUT2D eigenvalue weighted by molar-refractivity contribution is 7.99. The maximum atomic E-state index is 12.2. The van der Waals surface area contributed by atoms with E-state index < -0.39 is 11.5 Å². The molecule has 1 amide bonds. The van der Waals surface area contributed by atoms with Gasteiger partial charge in [0.25, 0.3) is 0 Å². The van der Waals surface area contributed by atoms with Gasteiger partial charge in [0.05, 0.1) is 0 Å². The molecule has 0 aromatic heterocycles. The predicted octanol–water partition coefficient (Wildman–Crippen LogP) is 3.04. The highest BCUT2D eigenvalue weighted by atomic mass is 32.2. The summed E-state index contributed by atoms with van der Waals surface area (Å²) in [4.78, 5) is 23.7. The minimum atomic E-state index is -1.06. The smallest absolute Gasteiger partial charge is 0.329 e. The first-order valence-electron chi connectivity index (χ1n) is 7.70. The summed E-state index contributed by atoms with van der Waals surface area (Å²) in [6.07, 6.45) is 2.10. The third kappa shape index (κ3) is 4.26. The molecule has 0 bridgehead atoms. The van der Waals surface area contributed by atoms with Gasteiger partial charge in [-0.15, -0.1) is 0 Å². The first kappa shape index (κ1) is 16.9. The van der Waals surface area contributed by atoms with Crippen molar-refractivity contribution in [1.82, 2.24) is 5.32 Å². The van der Waals surface area contributed by atoms with E-state index in [1.165, 1.54) is 5.56 Å². The Hall–Kier alpha value is -1.49. The average molecular weight is 321 g/mol. The number of benzene rings is 1. The zero-order valence-electron chi connectivity index (χ0n) is 12.9. The standard InChI is InChI=1S/C17H23NO3S/c1-13(14-5-3-2-4-6-14)7-8-15(19)18-17(16(20)21)9-11-22-12-10-17/h2-6,13H,7-12H2,1H3,(H,18,19)(H,20,21). The predicted molar refractivity (Wildman–Crippen MR) is 89.2 cm³/mol. The lowest BCUT2D eigenvalue weighted by molar-refractivity contribution is -0.148. The molecular weight excluding hydrogens is 298 g/mol. The van der Waals surface area contributed by atoms with Gasteiger partial charge >= 0.3 is 5.97 Å². The second-order valence-corrected chi connectivity index (χ2v) is 7.12. The molecule has 1 saturated heterocycles. The molecule has 1 aromatic rings. The Morgan fingerprint density at radius 2 is 1.91 bits per heavy atom. The van der Waals surface area contributed by atoms with Crippen molar-refractivity contribution in [3.8, 4) is 0 Å². The lowest BCUT2D eigenvalue weighted by Crippen LogP contribution is -2.56. The monoisotopic (exact) mass is 321 g/mol. The normalized spacial score (nSPS) is 18.4. The minimum Gasteiger partial charge on any atom is -0.480 e. The van der Waals surface area contributed by atoms with E-state index in [9.17, 15) is 14.7 Å². The zero-order chi connectivity index (χ0) is 16.0. The van der Waals surface area contributed by atoms with Gasteiger partial charge in [0.15, 0.2) is 0 Å². The van der Waals surface area contributed by atoms with Gasteiger partial charge in [0, 0.05) is 6.42 Å². The van der Waals surface area contributed by atoms with Crippen LogP contribution in [0.1, 0.15) is 44.1 Å². The molecule has 0 aliphatic carbocycles. The molecule has 2 rings (SSSR count). The molecule has 5 heteroatoms. The summed E-state index contributed by atoms with van der Waals surface area (Å²) in [7, 11) is 0. The van der Waals surface area contributed by atoms with Crippen molar-refractivity contribution >= 4 is 23.6 Å². The largest absolute Gasteiger partial charge is 0.480 e. The number of carboxylic acids is 1. The lowest BCUT2D eigenvalue weighted by atomic mass is 9.91. The summed E-state index contributed by atoms with van der Waals surface area (Å²) >= 11 is 1.74. The third-order valence-electron chi connectivity index (χ3n) is 4.31. The number of amides is 1. The van der Waals surface area contributed by atoms with Crippen molar-refractivity contribution in [1.29, 1.82) is 0 Å². The molecule has 1 aliphatic rings. The Morgan fingerprint density at radius 3 is 2.50 bits per heavy atom. The Labute approximate surface area is 135 Å². The average Bonchev–Trinajstić information content (AvgIpc) is 2.54. The number of carboxylic acid groups (broad SMARTS) is 1. The molecule has 2 N–H and O–H groups in total. The minimum absolute atomic E-state index is 0.155.